The van der Waals surface area contributed by atoms with Gasteiger partial charge >= 0.3 is 0 Å². The molecule has 1 N–H and O–H groups in total. The van der Waals surface area contributed by atoms with Crippen LogP contribution in [0.2, 0.25) is 0 Å². The van der Waals surface area contributed by atoms with Crippen LogP contribution in [0.25, 0.3) is 0 Å². The van der Waals surface area contributed by atoms with Crippen LogP contribution in [0.1, 0.15) is 13.3 Å². The number of hydrogen-bond acceptors (Lipinski definition) is 2. The molecule has 0 spiro atoms. The van der Waals surface area contributed by atoms with E-state index >= 15 is 0 Å². The van der Waals surface area contributed by atoms with E-state index in [0.29, 0.717) is 0 Å². The van der Waals surface area contributed by atoms with Crippen molar-refractivity contribution in [3.63, 3.8) is 0 Å². The van der Waals surface area contributed by atoms with Gasteiger partial charge in [-0.3, -0.25) is 0 Å². The van der Waals surface area contributed by atoms with Crippen molar-refractivity contribution in [2.24, 2.45) is 0 Å². The number of rotatable bonds is 3. The van der Waals surface area contributed by atoms with Crippen molar-refractivity contribution in [2.45, 2.75) is 19.4 Å². The molecule has 1 aliphatic rings. The van der Waals surface area contributed by atoms with Crippen LogP contribution in [-0.2, 0) is 0 Å². The molecule has 2 heteroatoms. The summed E-state index contributed by atoms with van der Waals surface area (Å²) in [6.45, 7) is 5.53. The molecule has 0 radical (unpaired) electrons. The minimum Gasteiger partial charge on any atom is -0.309 e. The van der Waals surface area contributed by atoms with Gasteiger partial charge in [0.15, 0.2) is 0 Å². The van der Waals surface area contributed by atoms with Gasteiger partial charge in [-0.25, -0.2) is 0 Å². The Bertz CT molecular complexity index is 132. The van der Waals surface area contributed by atoms with Crippen LogP contribution in [0.5, 0.6) is 0 Å². The van der Waals surface area contributed by atoms with Crippen molar-refractivity contribution in [3.05, 3.63) is 12.2 Å². The maximum absolute atomic E-state index is 3.48. The van der Waals surface area contributed by atoms with Gasteiger partial charge in [-0.15, -0.1) is 0 Å². The number of allylic oxidation sites excluding steroid dienone is 1. The van der Waals surface area contributed by atoms with Gasteiger partial charge in [0.2, 0.25) is 0 Å². The maximum Gasteiger partial charge on any atom is 0.0210 e. The van der Waals surface area contributed by atoms with E-state index in [1.54, 1.807) is 0 Å². The van der Waals surface area contributed by atoms with Crippen molar-refractivity contribution in [3.8, 4) is 0 Å². The molecule has 11 heavy (non-hydrogen) atoms. The lowest BCUT2D eigenvalue weighted by molar-refractivity contribution is 0.401. The first-order valence-corrected chi connectivity index (χ1v) is 4.36. The van der Waals surface area contributed by atoms with Crippen LogP contribution < -0.4 is 5.32 Å². The number of likely N-dealkylation sites (N-methyl/N-ethyl adjacent to an activating group) is 1. The Kier molecular flexibility index (Phi) is 3.60. The maximum atomic E-state index is 3.48. The highest BCUT2D eigenvalue weighted by Gasteiger charge is 2.17. The quantitative estimate of drug-likeness (QED) is 0.606. The molecule has 0 saturated carbocycles. The van der Waals surface area contributed by atoms with Crippen molar-refractivity contribution < 1.29 is 0 Å². The summed E-state index contributed by atoms with van der Waals surface area (Å²) in [7, 11) is 2.18. The highest BCUT2D eigenvalue weighted by molar-refractivity contribution is 4.85. The summed E-state index contributed by atoms with van der Waals surface area (Å²) in [6, 6.07) is 0.719. The molecule has 1 rings (SSSR count). The fourth-order valence-electron chi connectivity index (χ4n) is 1.45. The molecule has 0 bridgehead atoms. The fourth-order valence-corrected chi connectivity index (χ4v) is 1.45. The van der Waals surface area contributed by atoms with Crippen LogP contribution in [0.15, 0.2) is 12.2 Å². The highest BCUT2D eigenvalue weighted by Crippen LogP contribution is 2.05. The predicted octanol–water partition coefficient (Wildman–Crippen LogP) is 0.856. The summed E-state index contributed by atoms with van der Waals surface area (Å²) < 4.78 is 0. The van der Waals surface area contributed by atoms with Gasteiger partial charge in [0.05, 0.1) is 0 Å². The molecular formula is C9H18N2. The van der Waals surface area contributed by atoms with E-state index < -0.39 is 0 Å². The van der Waals surface area contributed by atoms with Crippen molar-refractivity contribution in [1.29, 1.82) is 0 Å². The Balaban J connectivity index is 2.08. The van der Waals surface area contributed by atoms with Crippen LogP contribution in [0.4, 0.5) is 0 Å². The molecule has 0 aromatic heterocycles. The molecule has 1 fully saturated rings. The summed E-state index contributed by atoms with van der Waals surface area (Å²) in [5, 5.41) is 3.48. The van der Waals surface area contributed by atoms with E-state index in [9.17, 15) is 0 Å². The Hall–Kier alpha value is -0.340. The third-order valence-electron chi connectivity index (χ3n) is 2.15. The number of nitrogens with zero attached hydrogens (tertiary/aromatic N) is 1. The fraction of sp³-hybridized carbons (Fsp3) is 0.778. The van der Waals surface area contributed by atoms with E-state index in [1.165, 1.54) is 19.5 Å². The van der Waals surface area contributed by atoms with E-state index in [2.05, 4.69) is 36.3 Å². The minimum absolute atomic E-state index is 0.719. The molecule has 0 aromatic carbocycles. The third kappa shape index (κ3) is 3.04. The Labute approximate surface area is 69.3 Å². The molecule has 1 heterocycles. The lowest BCUT2D eigenvalue weighted by atomic mass is 10.2. The molecule has 0 aromatic rings. The first kappa shape index (κ1) is 8.75. The van der Waals surface area contributed by atoms with E-state index in [0.717, 1.165) is 12.6 Å². The second kappa shape index (κ2) is 4.52. The molecular weight excluding hydrogens is 136 g/mol. The minimum atomic E-state index is 0.719. The molecule has 1 aliphatic heterocycles. The SMILES string of the molecule is C/C=C/CNC1CCN(C)C1. The zero-order valence-corrected chi connectivity index (χ0v) is 7.51. The van der Waals surface area contributed by atoms with Crippen LogP contribution >= 0.6 is 0 Å². The monoisotopic (exact) mass is 154 g/mol. The average molecular weight is 154 g/mol. The van der Waals surface area contributed by atoms with Gasteiger partial charge < -0.3 is 10.2 Å². The lowest BCUT2D eigenvalue weighted by Gasteiger charge is -2.10. The number of likely N-dealkylation sites (tertiary alicyclic amines) is 1. The van der Waals surface area contributed by atoms with Gasteiger partial charge in [-0.05, 0) is 26.9 Å². The normalized spacial score (nSPS) is 26.9. The Morgan fingerprint density at radius 2 is 2.45 bits per heavy atom. The van der Waals surface area contributed by atoms with E-state index in [-0.39, 0.29) is 0 Å². The Morgan fingerprint density at radius 1 is 1.64 bits per heavy atom. The van der Waals surface area contributed by atoms with Gasteiger partial charge in [0, 0.05) is 19.1 Å². The van der Waals surface area contributed by atoms with E-state index in [4.69, 9.17) is 0 Å². The van der Waals surface area contributed by atoms with Gasteiger partial charge in [0.25, 0.3) is 0 Å². The summed E-state index contributed by atoms with van der Waals surface area (Å²) >= 11 is 0. The zero-order valence-electron chi connectivity index (χ0n) is 7.51. The first-order chi connectivity index (χ1) is 5.33. The zero-order chi connectivity index (χ0) is 8.10. The molecule has 2 nitrogen and oxygen atoms in total. The molecule has 1 unspecified atom stereocenters. The van der Waals surface area contributed by atoms with Gasteiger partial charge in [-0.2, -0.15) is 0 Å². The van der Waals surface area contributed by atoms with Gasteiger partial charge in [-0.1, -0.05) is 12.2 Å². The lowest BCUT2D eigenvalue weighted by Crippen LogP contribution is -2.31. The smallest absolute Gasteiger partial charge is 0.0210 e. The van der Waals surface area contributed by atoms with Crippen LogP contribution in [-0.4, -0.2) is 37.6 Å². The van der Waals surface area contributed by atoms with Gasteiger partial charge in [0.1, 0.15) is 0 Å². The van der Waals surface area contributed by atoms with Crippen molar-refractivity contribution in [2.75, 3.05) is 26.7 Å². The number of nitrogens with one attached hydrogen (secondary N) is 1. The molecule has 64 valence electrons. The summed E-state index contributed by atoms with van der Waals surface area (Å²) in [6.07, 6.45) is 5.55. The summed E-state index contributed by atoms with van der Waals surface area (Å²) in [4.78, 5) is 2.37. The largest absolute Gasteiger partial charge is 0.309 e. The molecule has 1 saturated heterocycles. The second-order valence-electron chi connectivity index (χ2n) is 3.23. The first-order valence-electron chi connectivity index (χ1n) is 4.36. The van der Waals surface area contributed by atoms with Crippen molar-refractivity contribution >= 4 is 0 Å². The van der Waals surface area contributed by atoms with Crippen LogP contribution in [0, 0.1) is 0 Å². The topological polar surface area (TPSA) is 15.3 Å². The third-order valence-corrected chi connectivity index (χ3v) is 2.15. The molecule has 0 aliphatic carbocycles. The Morgan fingerprint density at radius 3 is 3.00 bits per heavy atom. The van der Waals surface area contributed by atoms with E-state index in [1.807, 2.05) is 0 Å². The second-order valence-corrected chi connectivity index (χ2v) is 3.23. The van der Waals surface area contributed by atoms with Crippen molar-refractivity contribution in [1.82, 2.24) is 10.2 Å². The standard InChI is InChI=1S/C9H18N2/c1-3-4-6-10-9-5-7-11(2)8-9/h3-4,9-10H,5-8H2,1-2H3/b4-3+. The van der Waals surface area contributed by atoms with Crippen LogP contribution in [0.3, 0.4) is 0 Å². The number of hydrogen-bond donors (Lipinski definition) is 1. The average Bonchev–Trinajstić information content (AvgIpc) is 2.37. The molecule has 1 atom stereocenters. The summed E-state index contributed by atoms with van der Waals surface area (Å²) in [5.74, 6) is 0. The summed E-state index contributed by atoms with van der Waals surface area (Å²) in [5.41, 5.74) is 0. The highest BCUT2D eigenvalue weighted by atomic mass is 15.2. The predicted molar refractivity (Wildman–Crippen MR) is 48.7 cm³/mol. The molecule has 0 amide bonds.